The maximum atomic E-state index is 11.6. The molecule has 1 amide bonds. The maximum absolute atomic E-state index is 11.6. The first-order valence-electron chi connectivity index (χ1n) is 7.15. The normalized spacial score (nSPS) is 15.8. The molecule has 0 aromatic carbocycles. The first-order valence-corrected chi connectivity index (χ1v) is 7.15. The molecule has 1 aromatic heterocycles. The van der Waals surface area contributed by atoms with Crippen molar-refractivity contribution in [1.82, 2.24) is 10.3 Å². The number of pyridine rings is 1. The zero-order valence-electron chi connectivity index (χ0n) is 12.5. The Morgan fingerprint density at radius 3 is 2.50 bits per heavy atom. The van der Waals surface area contributed by atoms with Crippen molar-refractivity contribution in [2.75, 3.05) is 18.0 Å². The average molecular weight is 277 g/mol. The van der Waals surface area contributed by atoms with Crippen LogP contribution in [0.1, 0.15) is 40.0 Å². The van der Waals surface area contributed by atoms with Crippen molar-refractivity contribution in [2.45, 2.75) is 45.6 Å². The number of hydrogen-bond donors (Lipinski definition) is 1. The van der Waals surface area contributed by atoms with E-state index in [1.165, 1.54) is 19.3 Å². The molecule has 1 N–H and O–H groups in total. The third-order valence-corrected chi connectivity index (χ3v) is 3.09. The predicted octanol–water partition coefficient (Wildman–Crippen LogP) is 2.96. The summed E-state index contributed by atoms with van der Waals surface area (Å²) in [6.07, 6.45) is 4.88. The van der Waals surface area contributed by atoms with E-state index in [4.69, 9.17) is 4.74 Å². The lowest BCUT2D eigenvalue weighted by Gasteiger charge is -2.27. The number of aromatic nitrogens is 1. The largest absolute Gasteiger partial charge is 0.413 e. The monoisotopic (exact) mass is 277 g/mol. The smallest absolute Gasteiger partial charge is 0.409 e. The molecule has 0 unspecified atom stereocenters. The van der Waals surface area contributed by atoms with Gasteiger partial charge in [-0.2, -0.15) is 0 Å². The van der Waals surface area contributed by atoms with Crippen molar-refractivity contribution >= 4 is 11.9 Å². The minimum absolute atomic E-state index is 0.307. The Morgan fingerprint density at radius 1 is 1.25 bits per heavy atom. The molecule has 0 aliphatic carbocycles. The molecule has 2 heterocycles. The van der Waals surface area contributed by atoms with Crippen LogP contribution in [0.25, 0.3) is 0 Å². The van der Waals surface area contributed by atoms with Crippen molar-refractivity contribution in [2.24, 2.45) is 0 Å². The first-order chi connectivity index (χ1) is 9.44. The summed E-state index contributed by atoms with van der Waals surface area (Å²) < 4.78 is 5.20. The van der Waals surface area contributed by atoms with Gasteiger partial charge in [-0.05, 0) is 52.2 Å². The fourth-order valence-electron chi connectivity index (χ4n) is 2.18. The van der Waals surface area contributed by atoms with Crippen LogP contribution in [0.4, 0.5) is 10.6 Å². The molecular weight excluding hydrogens is 254 g/mol. The van der Waals surface area contributed by atoms with Crippen LogP contribution >= 0.6 is 0 Å². The summed E-state index contributed by atoms with van der Waals surface area (Å²) in [5, 5.41) is 2.75. The summed E-state index contributed by atoms with van der Waals surface area (Å²) >= 11 is 0. The van der Waals surface area contributed by atoms with Gasteiger partial charge in [0.15, 0.2) is 5.75 Å². The SMILES string of the molecule is CC(C)(C)NC(=O)Oc1ccc(N2CCCCC2)nc1. The molecule has 5 nitrogen and oxygen atoms in total. The van der Waals surface area contributed by atoms with Crippen LogP contribution in [0.15, 0.2) is 18.3 Å². The Balaban J connectivity index is 1.92. The summed E-state index contributed by atoms with van der Waals surface area (Å²) in [5.74, 6) is 1.42. The van der Waals surface area contributed by atoms with E-state index in [0.29, 0.717) is 5.75 Å². The van der Waals surface area contributed by atoms with Gasteiger partial charge in [0.1, 0.15) is 5.82 Å². The van der Waals surface area contributed by atoms with E-state index in [9.17, 15) is 4.79 Å². The number of ether oxygens (including phenoxy) is 1. The van der Waals surface area contributed by atoms with Gasteiger partial charge in [0, 0.05) is 18.6 Å². The molecule has 2 rings (SSSR count). The number of piperidine rings is 1. The third kappa shape index (κ3) is 4.40. The van der Waals surface area contributed by atoms with Gasteiger partial charge in [0.2, 0.25) is 0 Å². The zero-order chi connectivity index (χ0) is 14.6. The molecule has 1 aliphatic rings. The minimum atomic E-state index is -0.454. The molecule has 5 heteroatoms. The summed E-state index contributed by atoms with van der Waals surface area (Å²) in [6.45, 7) is 7.83. The number of amides is 1. The molecule has 1 saturated heterocycles. The lowest BCUT2D eigenvalue weighted by molar-refractivity contribution is 0.190. The summed E-state index contributed by atoms with van der Waals surface area (Å²) in [7, 11) is 0. The van der Waals surface area contributed by atoms with Crippen LogP contribution in [0.3, 0.4) is 0 Å². The predicted molar refractivity (Wildman–Crippen MR) is 79.2 cm³/mol. The molecule has 0 atom stereocenters. The van der Waals surface area contributed by atoms with Crippen LogP contribution in [0, 0.1) is 0 Å². The quantitative estimate of drug-likeness (QED) is 0.903. The molecule has 0 radical (unpaired) electrons. The second-order valence-electron chi connectivity index (χ2n) is 6.16. The van der Waals surface area contributed by atoms with E-state index in [0.717, 1.165) is 18.9 Å². The fourth-order valence-corrected chi connectivity index (χ4v) is 2.18. The summed E-state index contributed by atoms with van der Waals surface area (Å²) in [5.41, 5.74) is -0.307. The zero-order valence-corrected chi connectivity index (χ0v) is 12.5. The van der Waals surface area contributed by atoms with Crippen molar-refractivity contribution in [3.63, 3.8) is 0 Å². The molecule has 0 saturated carbocycles. The molecule has 20 heavy (non-hydrogen) atoms. The number of carbonyl (C=O) groups excluding carboxylic acids is 1. The Kier molecular flexibility index (Phi) is 4.47. The van der Waals surface area contributed by atoms with E-state index < -0.39 is 6.09 Å². The highest BCUT2D eigenvalue weighted by Crippen LogP contribution is 2.20. The van der Waals surface area contributed by atoms with Gasteiger partial charge >= 0.3 is 6.09 Å². The van der Waals surface area contributed by atoms with Gasteiger partial charge in [-0.25, -0.2) is 9.78 Å². The van der Waals surface area contributed by atoms with Crippen molar-refractivity contribution in [1.29, 1.82) is 0 Å². The second-order valence-corrected chi connectivity index (χ2v) is 6.16. The van der Waals surface area contributed by atoms with E-state index in [1.807, 2.05) is 26.8 Å². The molecule has 1 aliphatic heterocycles. The van der Waals surface area contributed by atoms with Gasteiger partial charge in [0.05, 0.1) is 6.20 Å². The van der Waals surface area contributed by atoms with Crippen LogP contribution in [0.5, 0.6) is 5.75 Å². The fraction of sp³-hybridized carbons (Fsp3) is 0.600. The topological polar surface area (TPSA) is 54.5 Å². The number of rotatable bonds is 2. The summed E-state index contributed by atoms with van der Waals surface area (Å²) in [6, 6.07) is 3.70. The van der Waals surface area contributed by atoms with Gasteiger partial charge in [-0.1, -0.05) is 0 Å². The average Bonchev–Trinajstić information content (AvgIpc) is 2.38. The molecule has 1 aromatic rings. The number of nitrogens with zero attached hydrogens (tertiary/aromatic N) is 2. The van der Waals surface area contributed by atoms with E-state index >= 15 is 0 Å². The molecule has 1 fully saturated rings. The maximum Gasteiger partial charge on any atom is 0.413 e. The molecule has 0 bridgehead atoms. The van der Waals surface area contributed by atoms with Crippen molar-refractivity contribution in [3.05, 3.63) is 18.3 Å². The minimum Gasteiger partial charge on any atom is -0.409 e. The Hall–Kier alpha value is -1.78. The van der Waals surface area contributed by atoms with E-state index in [2.05, 4.69) is 15.2 Å². The number of anilines is 1. The molecule has 110 valence electrons. The van der Waals surface area contributed by atoms with Gasteiger partial charge in [-0.3, -0.25) is 0 Å². The van der Waals surface area contributed by atoms with Crippen molar-refractivity contribution < 1.29 is 9.53 Å². The Labute approximate surface area is 120 Å². The molecule has 0 spiro atoms. The van der Waals surface area contributed by atoms with Crippen molar-refractivity contribution in [3.8, 4) is 5.75 Å². The number of carbonyl (C=O) groups is 1. The highest BCUT2D eigenvalue weighted by molar-refractivity contribution is 5.71. The van der Waals surface area contributed by atoms with E-state index in [-0.39, 0.29) is 5.54 Å². The Bertz CT molecular complexity index is 445. The van der Waals surface area contributed by atoms with Gasteiger partial charge < -0.3 is 15.0 Å². The highest BCUT2D eigenvalue weighted by Gasteiger charge is 2.16. The lowest BCUT2D eigenvalue weighted by atomic mass is 10.1. The first kappa shape index (κ1) is 14.6. The van der Waals surface area contributed by atoms with Crippen LogP contribution < -0.4 is 15.0 Å². The van der Waals surface area contributed by atoms with Crippen LogP contribution in [-0.2, 0) is 0 Å². The number of nitrogens with one attached hydrogen (secondary N) is 1. The number of hydrogen-bond acceptors (Lipinski definition) is 4. The Morgan fingerprint density at radius 2 is 1.95 bits per heavy atom. The van der Waals surface area contributed by atoms with Gasteiger partial charge in [-0.15, -0.1) is 0 Å². The molecular formula is C15H23N3O2. The third-order valence-electron chi connectivity index (χ3n) is 3.09. The van der Waals surface area contributed by atoms with Crippen LogP contribution in [-0.4, -0.2) is 29.7 Å². The lowest BCUT2D eigenvalue weighted by Crippen LogP contribution is -2.42. The van der Waals surface area contributed by atoms with Crippen LogP contribution in [0.2, 0.25) is 0 Å². The standard InChI is InChI=1S/C15H23N3O2/c1-15(2,3)17-14(19)20-12-7-8-13(16-11-12)18-9-5-4-6-10-18/h7-8,11H,4-6,9-10H2,1-3H3,(H,17,19). The van der Waals surface area contributed by atoms with E-state index in [1.54, 1.807) is 12.3 Å². The van der Waals surface area contributed by atoms with Gasteiger partial charge in [0.25, 0.3) is 0 Å². The summed E-state index contributed by atoms with van der Waals surface area (Å²) in [4.78, 5) is 18.3. The second kappa shape index (κ2) is 6.11. The highest BCUT2D eigenvalue weighted by atomic mass is 16.6.